The lowest BCUT2D eigenvalue weighted by Crippen LogP contribution is -2.39. The van der Waals surface area contributed by atoms with E-state index in [2.05, 4.69) is 30.8 Å². The second kappa shape index (κ2) is 6.11. The second-order valence-corrected chi connectivity index (χ2v) is 4.73. The maximum Gasteiger partial charge on any atom is 0.225 e. The third kappa shape index (κ3) is 3.82. The third-order valence-electron chi connectivity index (χ3n) is 3.20. The van der Waals surface area contributed by atoms with Crippen molar-refractivity contribution in [3.8, 4) is 0 Å². The molecule has 1 fully saturated rings. The molecule has 88 valence electrons. The molecule has 1 aliphatic heterocycles. The van der Waals surface area contributed by atoms with Crippen molar-refractivity contribution in [1.29, 1.82) is 0 Å². The Bertz CT molecular complexity index is 204. The summed E-state index contributed by atoms with van der Waals surface area (Å²) in [7, 11) is 4.11. The van der Waals surface area contributed by atoms with Crippen molar-refractivity contribution in [2.24, 2.45) is 5.92 Å². The first-order valence-corrected chi connectivity index (χ1v) is 6.08. The first kappa shape index (κ1) is 12.5. The Morgan fingerprint density at radius 2 is 2.13 bits per heavy atom. The Morgan fingerprint density at radius 1 is 1.40 bits per heavy atom. The van der Waals surface area contributed by atoms with Gasteiger partial charge in [-0.25, -0.2) is 0 Å². The monoisotopic (exact) mass is 212 g/mol. The van der Waals surface area contributed by atoms with Crippen LogP contribution in [0.3, 0.4) is 0 Å². The molecule has 0 aliphatic carbocycles. The third-order valence-corrected chi connectivity index (χ3v) is 3.20. The van der Waals surface area contributed by atoms with E-state index in [0.717, 1.165) is 32.5 Å². The molecular weight excluding hydrogens is 188 g/mol. The molecule has 0 N–H and O–H groups in total. The average Bonchev–Trinajstić information content (AvgIpc) is 2.37. The maximum absolute atomic E-state index is 12.1. The summed E-state index contributed by atoms with van der Waals surface area (Å²) in [4.78, 5) is 16.3. The van der Waals surface area contributed by atoms with Crippen LogP contribution in [-0.2, 0) is 4.79 Å². The first-order chi connectivity index (χ1) is 7.15. The quantitative estimate of drug-likeness (QED) is 0.706. The average molecular weight is 212 g/mol. The Labute approximate surface area is 93.4 Å². The Morgan fingerprint density at radius 3 is 2.73 bits per heavy atom. The highest BCUT2D eigenvalue weighted by molar-refractivity contribution is 5.79. The smallest absolute Gasteiger partial charge is 0.225 e. The molecule has 1 amide bonds. The largest absolute Gasteiger partial charge is 0.341 e. The summed E-state index contributed by atoms with van der Waals surface area (Å²) in [5.74, 6) is 0.673. The van der Waals surface area contributed by atoms with Crippen molar-refractivity contribution in [3.63, 3.8) is 0 Å². The summed E-state index contributed by atoms with van der Waals surface area (Å²) in [5, 5.41) is 0. The number of amides is 1. The van der Waals surface area contributed by atoms with E-state index in [-0.39, 0.29) is 5.92 Å². The topological polar surface area (TPSA) is 23.6 Å². The summed E-state index contributed by atoms with van der Waals surface area (Å²) in [6.45, 7) is 4.95. The lowest BCUT2D eigenvalue weighted by Gasteiger charge is -2.25. The summed E-state index contributed by atoms with van der Waals surface area (Å²) >= 11 is 0. The van der Waals surface area contributed by atoms with Crippen LogP contribution in [0.2, 0.25) is 0 Å². The molecule has 0 spiro atoms. The molecular formula is C12H24N2O. The van der Waals surface area contributed by atoms with Gasteiger partial charge in [0, 0.05) is 25.6 Å². The summed E-state index contributed by atoms with van der Waals surface area (Å²) < 4.78 is 0. The Kier molecular flexibility index (Phi) is 5.09. The number of carbonyl (C=O) groups excluding carboxylic acids is 1. The molecule has 1 unspecified atom stereocenters. The van der Waals surface area contributed by atoms with Crippen molar-refractivity contribution >= 4 is 5.91 Å². The standard InChI is InChI=1S/C12H24N2O/c1-4-11-7-5-6-8-14(12(11)15)10-9-13(2)3/h11H,4-10H2,1-3H3. The highest BCUT2D eigenvalue weighted by Gasteiger charge is 2.24. The Hall–Kier alpha value is -0.570. The highest BCUT2D eigenvalue weighted by atomic mass is 16.2. The molecule has 0 radical (unpaired) electrons. The van der Waals surface area contributed by atoms with Crippen molar-refractivity contribution in [3.05, 3.63) is 0 Å². The minimum Gasteiger partial charge on any atom is -0.341 e. The molecule has 3 nitrogen and oxygen atoms in total. The van der Waals surface area contributed by atoms with Crippen LogP contribution < -0.4 is 0 Å². The summed E-state index contributed by atoms with van der Waals surface area (Å²) in [5.41, 5.74) is 0. The van der Waals surface area contributed by atoms with Crippen LogP contribution in [0.15, 0.2) is 0 Å². The summed E-state index contributed by atoms with van der Waals surface area (Å²) in [6, 6.07) is 0. The molecule has 1 saturated heterocycles. The fourth-order valence-corrected chi connectivity index (χ4v) is 2.11. The lowest BCUT2D eigenvalue weighted by atomic mass is 10.00. The van der Waals surface area contributed by atoms with Crippen LogP contribution in [0, 0.1) is 5.92 Å². The number of hydrogen-bond donors (Lipinski definition) is 0. The van der Waals surface area contributed by atoms with Crippen molar-refractivity contribution in [2.45, 2.75) is 32.6 Å². The van der Waals surface area contributed by atoms with Gasteiger partial charge in [-0.15, -0.1) is 0 Å². The molecule has 1 atom stereocenters. The number of nitrogens with zero attached hydrogens (tertiary/aromatic N) is 2. The zero-order chi connectivity index (χ0) is 11.3. The normalized spacial score (nSPS) is 23.3. The number of rotatable bonds is 4. The van der Waals surface area contributed by atoms with Crippen molar-refractivity contribution < 1.29 is 4.79 Å². The van der Waals surface area contributed by atoms with E-state index < -0.39 is 0 Å². The minimum absolute atomic E-state index is 0.287. The van der Waals surface area contributed by atoms with Crippen molar-refractivity contribution in [1.82, 2.24) is 9.80 Å². The van der Waals surface area contributed by atoms with Gasteiger partial charge in [0.1, 0.15) is 0 Å². The van der Waals surface area contributed by atoms with E-state index in [1.54, 1.807) is 0 Å². The lowest BCUT2D eigenvalue weighted by molar-refractivity contribution is -0.135. The van der Waals surface area contributed by atoms with Crippen molar-refractivity contribution in [2.75, 3.05) is 33.7 Å². The van der Waals surface area contributed by atoms with Gasteiger partial charge < -0.3 is 9.80 Å². The van der Waals surface area contributed by atoms with Gasteiger partial charge in [0.2, 0.25) is 5.91 Å². The molecule has 0 aromatic heterocycles. The number of likely N-dealkylation sites (N-methyl/N-ethyl adjacent to an activating group) is 1. The second-order valence-electron chi connectivity index (χ2n) is 4.73. The van der Waals surface area contributed by atoms with Crippen LogP contribution in [0.5, 0.6) is 0 Å². The number of likely N-dealkylation sites (tertiary alicyclic amines) is 1. The van der Waals surface area contributed by atoms with Crippen LogP contribution in [0.1, 0.15) is 32.6 Å². The number of carbonyl (C=O) groups is 1. The number of hydrogen-bond acceptors (Lipinski definition) is 2. The van der Waals surface area contributed by atoms with Crippen LogP contribution in [0.25, 0.3) is 0 Å². The minimum atomic E-state index is 0.287. The molecule has 3 heteroatoms. The fourth-order valence-electron chi connectivity index (χ4n) is 2.11. The van der Waals surface area contributed by atoms with Gasteiger partial charge in [0.05, 0.1) is 0 Å². The van der Waals surface area contributed by atoms with Crippen LogP contribution in [-0.4, -0.2) is 49.4 Å². The van der Waals surface area contributed by atoms with Gasteiger partial charge in [-0.1, -0.05) is 13.3 Å². The van der Waals surface area contributed by atoms with Gasteiger partial charge in [0.25, 0.3) is 0 Å². The zero-order valence-corrected chi connectivity index (χ0v) is 10.3. The predicted octanol–water partition coefficient (Wildman–Crippen LogP) is 1.59. The molecule has 0 aromatic carbocycles. The van der Waals surface area contributed by atoms with Crippen LogP contribution >= 0.6 is 0 Å². The SMILES string of the molecule is CCC1CCCCN(CCN(C)C)C1=O. The predicted molar refractivity (Wildman–Crippen MR) is 62.8 cm³/mol. The van der Waals surface area contributed by atoms with Gasteiger partial charge >= 0.3 is 0 Å². The van der Waals surface area contributed by atoms with E-state index in [1.807, 2.05) is 0 Å². The maximum atomic E-state index is 12.1. The zero-order valence-electron chi connectivity index (χ0n) is 10.3. The molecule has 1 aliphatic rings. The van der Waals surface area contributed by atoms with E-state index in [4.69, 9.17) is 0 Å². The van der Waals surface area contributed by atoms with Gasteiger partial charge in [-0.3, -0.25) is 4.79 Å². The van der Waals surface area contributed by atoms with Gasteiger partial charge in [-0.2, -0.15) is 0 Å². The van der Waals surface area contributed by atoms with E-state index in [0.29, 0.717) is 5.91 Å². The molecule has 15 heavy (non-hydrogen) atoms. The Balaban J connectivity index is 2.49. The molecule has 1 rings (SSSR count). The van der Waals surface area contributed by atoms with E-state index in [1.165, 1.54) is 12.8 Å². The molecule has 0 saturated carbocycles. The van der Waals surface area contributed by atoms with E-state index >= 15 is 0 Å². The highest BCUT2D eigenvalue weighted by Crippen LogP contribution is 2.20. The fraction of sp³-hybridized carbons (Fsp3) is 0.917. The molecule has 1 heterocycles. The molecule has 0 aromatic rings. The molecule has 0 bridgehead atoms. The van der Waals surface area contributed by atoms with Gasteiger partial charge in [0.15, 0.2) is 0 Å². The van der Waals surface area contributed by atoms with E-state index in [9.17, 15) is 4.79 Å². The van der Waals surface area contributed by atoms with Gasteiger partial charge in [-0.05, 0) is 33.4 Å². The first-order valence-electron chi connectivity index (χ1n) is 6.08. The van der Waals surface area contributed by atoms with Crippen LogP contribution in [0.4, 0.5) is 0 Å². The summed E-state index contributed by atoms with van der Waals surface area (Å²) in [6.07, 6.45) is 4.48.